The summed E-state index contributed by atoms with van der Waals surface area (Å²) in [5.41, 5.74) is 0.180. The Bertz CT molecular complexity index is 1150. The molecule has 35 heavy (non-hydrogen) atoms. The Morgan fingerprint density at radius 2 is 1.71 bits per heavy atom. The Kier molecular flexibility index (Phi) is 6.63. The Morgan fingerprint density at radius 3 is 2.26 bits per heavy atom. The summed E-state index contributed by atoms with van der Waals surface area (Å²) >= 11 is 1.21. The molecule has 4 N–H and O–H groups in total. The van der Waals surface area contributed by atoms with Gasteiger partial charge in [-0.3, -0.25) is 29.0 Å². The molecule has 3 aliphatic rings. The van der Waals surface area contributed by atoms with Gasteiger partial charge in [-0.2, -0.15) is 0 Å². The van der Waals surface area contributed by atoms with Crippen molar-refractivity contribution in [1.29, 1.82) is 0 Å². The van der Waals surface area contributed by atoms with E-state index in [2.05, 4.69) is 5.32 Å². The van der Waals surface area contributed by atoms with E-state index in [0.717, 1.165) is 4.90 Å². The van der Waals surface area contributed by atoms with Gasteiger partial charge in [0.25, 0.3) is 17.7 Å². The average Bonchev–Trinajstić information content (AvgIpc) is 3.08. The summed E-state index contributed by atoms with van der Waals surface area (Å²) in [7, 11) is 0. The van der Waals surface area contributed by atoms with Crippen LogP contribution in [0.5, 0.6) is 0 Å². The van der Waals surface area contributed by atoms with E-state index in [4.69, 9.17) is 0 Å². The smallest absolute Gasteiger partial charge is 0.352 e. The van der Waals surface area contributed by atoms with Crippen molar-refractivity contribution in [3.63, 3.8) is 0 Å². The Morgan fingerprint density at radius 1 is 1.09 bits per heavy atom. The molecular weight excluding hydrogens is 482 g/mol. The molecule has 0 bridgehead atoms. The number of hydrogen-bond acceptors (Lipinski definition) is 8. The number of aliphatic hydroxyl groups is 1. The summed E-state index contributed by atoms with van der Waals surface area (Å²) < 4.78 is 0. The maximum atomic E-state index is 12.6. The molecular formula is C22H21N3O9S. The molecule has 0 aliphatic carbocycles. The number of aliphatic hydroxyl groups excluding tert-OH is 1. The Labute approximate surface area is 202 Å². The fourth-order valence-corrected chi connectivity index (χ4v) is 5.70. The van der Waals surface area contributed by atoms with E-state index in [1.165, 1.54) is 23.9 Å². The number of β-lactam (4-membered cyclic amide) rings is 1. The molecule has 184 valence electrons. The summed E-state index contributed by atoms with van der Waals surface area (Å²) in [4.78, 5) is 75.1. The molecule has 0 aromatic heterocycles. The van der Waals surface area contributed by atoms with Crippen LogP contribution in [0.3, 0.4) is 0 Å². The fraction of sp³-hybridized carbons (Fsp3) is 0.364. The highest BCUT2D eigenvalue weighted by Gasteiger charge is 2.54. The number of amides is 4. The van der Waals surface area contributed by atoms with Gasteiger partial charge in [0.2, 0.25) is 5.91 Å². The molecule has 1 aromatic carbocycles. The maximum absolute atomic E-state index is 12.6. The number of carboxylic acids is 2. The first-order valence-corrected chi connectivity index (χ1v) is 11.7. The number of nitrogens with zero attached hydrogens (tertiary/aromatic N) is 2. The maximum Gasteiger partial charge on any atom is 0.352 e. The number of nitrogens with one attached hydrogen (secondary N) is 1. The van der Waals surface area contributed by atoms with E-state index < -0.39 is 59.6 Å². The lowest BCUT2D eigenvalue weighted by Gasteiger charge is -2.49. The van der Waals surface area contributed by atoms with Crippen LogP contribution in [0.4, 0.5) is 0 Å². The highest BCUT2D eigenvalue weighted by molar-refractivity contribution is 8.00. The quantitative estimate of drug-likeness (QED) is 0.256. The lowest BCUT2D eigenvalue weighted by atomic mass is 10.0. The number of imide groups is 1. The third-order valence-corrected chi connectivity index (χ3v) is 7.40. The molecule has 0 spiro atoms. The number of rotatable bonds is 9. The van der Waals surface area contributed by atoms with Crippen LogP contribution >= 0.6 is 11.8 Å². The van der Waals surface area contributed by atoms with Crippen LogP contribution in [0, 0.1) is 0 Å². The number of carbonyl (C=O) groups excluding carboxylic acids is 4. The molecule has 3 heterocycles. The number of carbonyl (C=O) groups is 6. The van der Waals surface area contributed by atoms with Crippen molar-refractivity contribution in [3.8, 4) is 0 Å². The van der Waals surface area contributed by atoms with Gasteiger partial charge in [-0.15, -0.1) is 11.8 Å². The zero-order valence-corrected chi connectivity index (χ0v) is 19.0. The number of thioether (sulfide) groups is 1. The first-order valence-electron chi connectivity index (χ1n) is 10.7. The van der Waals surface area contributed by atoms with E-state index in [-0.39, 0.29) is 47.4 Å². The molecule has 3 atom stereocenters. The zero-order chi connectivity index (χ0) is 25.4. The summed E-state index contributed by atoms with van der Waals surface area (Å²) in [6.07, 6.45) is -0.311. The van der Waals surface area contributed by atoms with Gasteiger partial charge in [0.15, 0.2) is 0 Å². The Balaban J connectivity index is 1.34. The van der Waals surface area contributed by atoms with Crippen LogP contribution in [0.2, 0.25) is 0 Å². The second-order valence-electron chi connectivity index (χ2n) is 8.14. The van der Waals surface area contributed by atoms with E-state index in [0.29, 0.717) is 4.90 Å². The summed E-state index contributed by atoms with van der Waals surface area (Å²) in [6.45, 7) is -0.500. The van der Waals surface area contributed by atoms with E-state index in [1.807, 2.05) is 0 Å². The minimum Gasteiger partial charge on any atom is -0.480 e. The van der Waals surface area contributed by atoms with Gasteiger partial charge in [-0.05, 0) is 30.5 Å². The fourth-order valence-electron chi connectivity index (χ4n) is 4.36. The molecule has 13 heteroatoms. The van der Waals surface area contributed by atoms with Crippen molar-refractivity contribution in [2.45, 2.75) is 36.7 Å². The van der Waals surface area contributed by atoms with Crippen LogP contribution in [-0.2, 0) is 19.2 Å². The summed E-state index contributed by atoms with van der Waals surface area (Å²) in [5.74, 6) is -5.11. The summed E-state index contributed by atoms with van der Waals surface area (Å²) in [5, 5.41) is 30.3. The van der Waals surface area contributed by atoms with Crippen LogP contribution in [0.25, 0.3) is 0 Å². The number of benzene rings is 1. The highest BCUT2D eigenvalue weighted by atomic mass is 32.2. The number of fused-ring (bicyclic) bond motifs is 2. The predicted octanol–water partition coefficient (Wildman–Crippen LogP) is -0.363. The average molecular weight is 503 g/mol. The van der Waals surface area contributed by atoms with Crippen molar-refractivity contribution in [3.05, 3.63) is 46.7 Å². The normalized spacial score (nSPS) is 21.9. The molecule has 3 unspecified atom stereocenters. The van der Waals surface area contributed by atoms with Crippen LogP contribution in [0.1, 0.15) is 40.0 Å². The van der Waals surface area contributed by atoms with Gasteiger partial charge in [0, 0.05) is 12.2 Å². The van der Waals surface area contributed by atoms with Crippen LogP contribution < -0.4 is 5.32 Å². The van der Waals surface area contributed by atoms with Gasteiger partial charge >= 0.3 is 11.9 Å². The first kappa shape index (κ1) is 24.4. The molecule has 1 aromatic rings. The predicted molar refractivity (Wildman–Crippen MR) is 119 cm³/mol. The molecule has 1 saturated heterocycles. The number of carboxylic acid groups (broad SMARTS) is 2. The topological polar surface area (TPSA) is 182 Å². The molecule has 0 saturated carbocycles. The second kappa shape index (κ2) is 9.50. The number of aliphatic carboxylic acids is 2. The minimum absolute atomic E-state index is 0.0214. The molecule has 4 rings (SSSR count). The standard InChI is InChI=1S/C22H21N3O9S/c26-8-10-9-35-20-15(19(30)25(20)16(10)22(33)34)23-14(27)7-3-6-13(21(31)32)24-17(28)11-4-1-2-5-12(11)18(24)29/h1-2,4-5,13,15,20,26H,3,6-9H2,(H,23,27)(H,31,32)(H,33,34). The lowest BCUT2D eigenvalue weighted by Crippen LogP contribution is -2.70. The SMILES string of the molecule is O=C(CCCC(C(=O)O)N1C(=O)c2ccccc2C1=O)NC1C(=O)N2C(C(=O)O)=C(CO)CSC12. The van der Waals surface area contributed by atoms with Crippen molar-refractivity contribution in [2.24, 2.45) is 0 Å². The van der Waals surface area contributed by atoms with Crippen LogP contribution in [-0.4, -0.2) is 90.5 Å². The second-order valence-corrected chi connectivity index (χ2v) is 9.25. The van der Waals surface area contributed by atoms with Gasteiger partial charge in [0.05, 0.1) is 17.7 Å². The Hall–Kier alpha value is -3.71. The van der Waals surface area contributed by atoms with Gasteiger partial charge < -0.3 is 20.6 Å². The van der Waals surface area contributed by atoms with Gasteiger partial charge in [-0.1, -0.05) is 12.1 Å². The van der Waals surface area contributed by atoms with Crippen molar-refractivity contribution in [1.82, 2.24) is 15.1 Å². The third kappa shape index (κ3) is 4.17. The summed E-state index contributed by atoms with van der Waals surface area (Å²) in [6, 6.07) is 3.62. The molecule has 3 aliphatic heterocycles. The van der Waals surface area contributed by atoms with Gasteiger partial charge in [-0.25, -0.2) is 9.59 Å². The lowest BCUT2D eigenvalue weighted by molar-refractivity contribution is -0.150. The minimum atomic E-state index is -1.45. The number of hydrogen-bond donors (Lipinski definition) is 4. The van der Waals surface area contributed by atoms with Crippen LogP contribution in [0.15, 0.2) is 35.5 Å². The van der Waals surface area contributed by atoms with Crippen molar-refractivity contribution < 1.29 is 44.1 Å². The van der Waals surface area contributed by atoms with Gasteiger partial charge in [0.1, 0.15) is 23.2 Å². The molecule has 0 radical (unpaired) electrons. The third-order valence-electron chi connectivity index (χ3n) is 6.06. The van der Waals surface area contributed by atoms with E-state index in [1.54, 1.807) is 12.1 Å². The first-order chi connectivity index (χ1) is 16.7. The zero-order valence-electron chi connectivity index (χ0n) is 18.2. The molecule has 4 amide bonds. The largest absolute Gasteiger partial charge is 0.480 e. The van der Waals surface area contributed by atoms with Crippen molar-refractivity contribution >= 4 is 47.3 Å². The molecule has 1 fully saturated rings. The molecule has 12 nitrogen and oxygen atoms in total. The monoisotopic (exact) mass is 503 g/mol. The van der Waals surface area contributed by atoms with E-state index in [9.17, 15) is 44.1 Å². The highest BCUT2D eigenvalue weighted by Crippen LogP contribution is 2.40. The van der Waals surface area contributed by atoms with E-state index >= 15 is 0 Å². The van der Waals surface area contributed by atoms with Crippen molar-refractivity contribution in [2.75, 3.05) is 12.4 Å².